The Hall–Kier alpha value is -1.55. The van der Waals surface area contributed by atoms with Crippen LogP contribution < -0.4 is 0 Å². The van der Waals surface area contributed by atoms with Gasteiger partial charge in [0.2, 0.25) is 0 Å². The molecule has 2 rings (SSSR count). The third-order valence-electron chi connectivity index (χ3n) is 2.98. The third-order valence-corrected chi connectivity index (χ3v) is 3.89. The second-order valence-corrected chi connectivity index (χ2v) is 5.59. The molecule has 0 spiro atoms. The van der Waals surface area contributed by atoms with Crippen LogP contribution >= 0.6 is 11.8 Å². The van der Waals surface area contributed by atoms with Crippen LogP contribution in [0, 0.1) is 6.92 Å². The van der Waals surface area contributed by atoms with Crippen LogP contribution in [0.2, 0.25) is 0 Å². The number of carbonyl (C=O) groups excluding carboxylic acids is 2. The molecule has 1 aliphatic heterocycles. The molecule has 1 heterocycles. The van der Waals surface area contributed by atoms with Gasteiger partial charge in [-0.25, -0.2) is 0 Å². The molecule has 4 heteroatoms. The van der Waals surface area contributed by atoms with Crippen LogP contribution in [0.25, 0.3) is 6.08 Å². The summed E-state index contributed by atoms with van der Waals surface area (Å²) in [6, 6.07) is 7.89. The normalized spacial score (nSPS) is 17.6. The molecule has 3 nitrogen and oxygen atoms in total. The van der Waals surface area contributed by atoms with E-state index in [1.807, 2.05) is 38.1 Å². The van der Waals surface area contributed by atoms with Crippen LogP contribution in [-0.4, -0.2) is 22.6 Å². The fourth-order valence-corrected chi connectivity index (χ4v) is 2.69. The van der Waals surface area contributed by atoms with Crippen LogP contribution in [0.3, 0.4) is 0 Å². The first kappa shape index (κ1) is 13.9. The lowest BCUT2D eigenvalue weighted by Crippen LogP contribution is -2.29. The summed E-state index contributed by atoms with van der Waals surface area (Å²) in [7, 11) is 0. The van der Waals surface area contributed by atoms with E-state index in [9.17, 15) is 9.59 Å². The summed E-state index contributed by atoms with van der Waals surface area (Å²) in [6.07, 6.45) is 3.62. The number of hydrogen-bond acceptors (Lipinski definition) is 3. The van der Waals surface area contributed by atoms with Gasteiger partial charge in [-0.05, 0) is 36.7 Å². The number of benzene rings is 1. The molecule has 0 bridgehead atoms. The van der Waals surface area contributed by atoms with E-state index in [2.05, 4.69) is 0 Å². The summed E-state index contributed by atoms with van der Waals surface area (Å²) >= 11 is 1.03. The van der Waals surface area contributed by atoms with E-state index in [-0.39, 0.29) is 11.1 Å². The minimum atomic E-state index is -0.163. The zero-order valence-corrected chi connectivity index (χ0v) is 12.0. The average molecular weight is 275 g/mol. The van der Waals surface area contributed by atoms with Crippen molar-refractivity contribution < 1.29 is 9.59 Å². The molecule has 0 aromatic heterocycles. The van der Waals surface area contributed by atoms with E-state index in [0.717, 1.165) is 30.2 Å². The topological polar surface area (TPSA) is 37.4 Å². The van der Waals surface area contributed by atoms with E-state index in [4.69, 9.17) is 0 Å². The highest BCUT2D eigenvalue weighted by atomic mass is 32.2. The van der Waals surface area contributed by atoms with Gasteiger partial charge in [0.05, 0.1) is 4.91 Å². The van der Waals surface area contributed by atoms with Gasteiger partial charge in [0.1, 0.15) is 0 Å². The Morgan fingerprint density at radius 1 is 1.21 bits per heavy atom. The van der Waals surface area contributed by atoms with Crippen molar-refractivity contribution >= 4 is 29.0 Å². The van der Waals surface area contributed by atoms with E-state index >= 15 is 0 Å². The predicted molar refractivity (Wildman–Crippen MR) is 78.8 cm³/mol. The zero-order valence-electron chi connectivity index (χ0n) is 11.2. The standard InChI is InChI=1S/C15H17NO2S/c1-3-4-9-16-14(17)13(19-15(16)18)10-12-7-5-11(2)6-8-12/h5-8,10H,3-4,9H2,1-2H3. The van der Waals surface area contributed by atoms with Gasteiger partial charge in [-0.15, -0.1) is 0 Å². The van der Waals surface area contributed by atoms with Crippen LogP contribution in [0.1, 0.15) is 30.9 Å². The molecular weight excluding hydrogens is 258 g/mol. The van der Waals surface area contributed by atoms with Gasteiger partial charge < -0.3 is 0 Å². The maximum atomic E-state index is 12.1. The smallest absolute Gasteiger partial charge is 0.268 e. The number of aryl methyl sites for hydroxylation is 1. The molecule has 19 heavy (non-hydrogen) atoms. The second kappa shape index (κ2) is 6.06. The van der Waals surface area contributed by atoms with Crippen molar-refractivity contribution in [2.45, 2.75) is 26.7 Å². The van der Waals surface area contributed by atoms with Crippen LogP contribution in [-0.2, 0) is 4.79 Å². The molecule has 0 aliphatic carbocycles. The highest BCUT2D eigenvalue weighted by Gasteiger charge is 2.34. The first-order valence-corrected chi connectivity index (χ1v) is 7.25. The number of amides is 2. The number of nitrogens with zero attached hydrogens (tertiary/aromatic N) is 1. The van der Waals surface area contributed by atoms with Gasteiger partial charge in [0.25, 0.3) is 11.1 Å². The lowest BCUT2D eigenvalue weighted by molar-refractivity contribution is -0.122. The molecule has 1 aromatic carbocycles. The number of rotatable bonds is 4. The molecule has 0 atom stereocenters. The van der Waals surface area contributed by atoms with Gasteiger partial charge in [0, 0.05) is 6.54 Å². The molecule has 1 fully saturated rings. The summed E-state index contributed by atoms with van der Waals surface area (Å²) in [6.45, 7) is 4.58. The van der Waals surface area contributed by atoms with Crippen LogP contribution in [0.15, 0.2) is 29.2 Å². The lowest BCUT2D eigenvalue weighted by atomic mass is 10.1. The van der Waals surface area contributed by atoms with Crippen molar-refractivity contribution in [2.75, 3.05) is 6.54 Å². The van der Waals surface area contributed by atoms with Crippen molar-refractivity contribution in [1.29, 1.82) is 0 Å². The average Bonchev–Trinajstić information content (AvgIpc) is 2.65. The maximum absolute atomic E-state index is 12.1. The number of thioether (sulfide) groups is 1. The molecule has 0 unspecified atom stereocenters. The van der Waals surface area contributed by atoms with Gasteiger partial charge in [0.15, 0.2) is 0 Å². The Labute approximate surface area is 117 Å². The zero-order chi connectivity index (χ0) is 13.8. The molecule has 0 radical (unpaired) electrons. The highest BCUT2D eigenvalue weighted by Crippen LogP contribution is 2.32. The number of carbonyl (C=O) groups is 2. The fourth-order valence-electron chi connectivity index (χ4n) is 1.82. The fraction of sp³-hybridized carbons (Fsp3) is 0.333. The Bertz CT molecular complexity index is 519. The number of unbranched alkanes of at least 4 members (excludes halogenated alkanes) is 1. The summed E-state index contributed by atoms with van der Waals surface area (Å²) in [5.41, 5.74) is 2.12. The molecule has 1 aliphatic rings. The van der Waals surface area contributed by atoms with Gasteiger partial charge in [-0.1, -0.05) is 43.2 Å². The Morgan fingerprint density at radius 2 is 1.89 bits per heavy atom. The van der Waals surface area contributed by atoms with Crippen molar-refractivity contribution in [3.8, 4) is 0 Å². The highest BCUT2D eigenvalue weighted by molar-refractivity contribution is 8.18. The Balaban J connectivity index is 2.16. The molecule has 2 amide bonds. The van der Waals surface area contributed by atoms with Gasteiger partial charge in [-0.2, -0.15) is 0 Å². The first-order valence-electron chi connectivity index (χ1n) is 6.44. The largest absolute Gasteiger partial charge is 0.293 e. The molecule has 1 saturated heterocycles. The summed E-state index contributed by atoms with van der Waals surface area (Å²) in [5, 5.41) is -0.156. The minimum Gasteiger partial charge on any atom is -0.268 e. The van der Waals surface area contributed by atoms with Crippen molar-refractivity contribution in [1.82, 2.24) is 4.90 Å². The van der Waals surface area contributed by atoms with Crippen molar-refractivity contribution in [2.24, 2.45) is 0 Å². The second-order valence-electron chi connectivity index (χ2n) is 4.60. The van der Waals surface area contributed by atoms with E-state index in [1.165, 1.54) is 10.5 Å². The van der Waals surface area contributed by atoms with Crippen LogP contribution in [0.4, 0.5) is 4.79 Å². The van der Waals surface area contributed by atoms with Crippen molar-refractivity contribution in [3.05, 3.63) is 40.3 Å². The molecule has 100 valence electrons. The quantitative estimate of drug-likeness (QED) is 0.784. The Kier molecular flexibility index (Phi) is 4.43. The SMILES string of the molecule is CCCCN1C(=O)SC(=Cc2ccc(C)cc2)C1=O. The van der Waals surface area contributed by atoms with Crippen LogP contribution in [0.5, 0.6) is 0 Å². The molecular formula is C15H17NO2S. The van der Waals surface area contributed by atoms with Crippen molar-refractivity contribution in [3.63, 3.8) is 0 Å². The third kappa shape index (κ3) is 3.26. The number of hydrogen-bond donors (Lipinski definition) is 0. The number of imide groups is 1. The molecule has 0 N–H and O–H groups in total. The Morgan fingerprint density at radius 3 is 2.53 bits per heavy atom. The monoisotopic (exact) mass is 275 g/mol. The van der Waals surface area contributed by atoms with E-state index in [0.29, 0.717) is 11.4 Å². The minimum absolute atomic E-state index is 0.156. The first-order chi connectivity index (χ1) is 9.11. The van der Waals surface area contributed by atoms with Gasteiger partial charge in [-0.3, -0.25) is 14.5 Å². The summed E-state index contributed by atoms with van der Waals surface area (Å²) < 4.78 is 0. The predicted octanol–water partition coefficient (Wildman–Crippen LogP) is 3.83. The maximum Gasteiger partial charge on any atom is 0.293 e. The lowest BCUT2D eigenvalue weighted by Gasteiger charge is -2.10. The summed E-state index contributed by atoms with van der Waals surface area (Å²) in [4.78, 5) is 25.7. The van der Waals surface area contributed by atoms with E-state index < -0.39 is 0 Å². The molecule has 1 aromatic rings. The molecule has 0 saturated carbocycles. The van der Waals surface area contributed by atoms with Gasteiger partial charge >= 0.3 is 0 Å². The van der Waals surface area contributed by atoms with E-state index in [1.54, 1.807) is 6.08 Å². The summed E-state index contributed by atoms with van der Waals surface area (Å²) in [5.74, 6) is -0.163.